The highest BCUT2D eigenvalue weighted by atomic mass is 32.2. The molecule has 6 nitrogen and oxygen atoms in total. The van der Waals surface area contributed by atoms with E-state index in [-0.39, 0.29) is 29.8 Å². The molecule has 0 saturated carbocycles. The monoisotopic (exact) mass is 362 g/mol. The van der Waals surface area contributed by atoms with Gasteiger partial charge in [0.2, 0.25) is 15.9 Å². The number of hydrogen-bond donors (Lipinski definition) is 2. The van der Waals surface area contributed by atoms with Gasteiger partial charge in [0.05, 0.1) is 18.0 Å². The van der Waals surface area contributed by atoms with Crippen LogP contribution in [0.4, 0.5) is 0 Å². The van der Waals surface area contributed by atoms with Crippen molar-refractivity contribution in [1.29, 1.82) is 0 Å². The molecule has 2 aromatic rings. The number of carbonyl (C=O) groups is 1. The summed E-state index contributed by atoms with van der Waals surface area (Å²) in [5.74, 6) is 0.363. The van der Waals surface area contributed by atoms with Gasteiger partial charge in [0, 0.05) is 13.0 Å². The van der Waals surface area contributed by atoms with Crippen molar-refractivity contribution in [3.63, 3.8) is 0 Å². The van der Waals surface area contributed by atoms with Gasteiger partial charge in [-0.05, 0) is 36.8 Å². The fourth-order valence-corrected chi connectivity index (χ4v) is 3.31. The molecule has 0 saturated heterocycles. The van der Waals surface area contributed by atoms with Gasteiger partial charge >= 0.3 is 0 Å². The molecule has 0 unspecified atom stereocenters. The third-order valence-electron chi connectivity index (χ3n) is 3.69. The number of ether oxygens (including phenoxy) is 1. The number of benzene rings is 2. The minimum Gasteiger partial charge on any atom is -0.497 e. The smallest absolute Gasteiger partial charge is 0.240 e. The number of nitrogens with one attached hydrogen (secondary N) is 2. The van der Waals surface area contributed by atoms with Crippen LogP contribution < -0.4 is 14.8 Å². The second-order valence-corrected chi connectivity index (χ2v) is 7.29. The van der Waals surface area contributed by atoms with Crippen LogP contribution in [-0.4, -0.2) is 28.0 Å². The van der Waals surface area contributed by atoms with Gasteiger partial charge in [-0.2, -0.15) is 0 Å². The van der Waals surface area contributed by atoms with E-state index < -0.39 is 10.0 Å². The van der Waals surface area contributed by atoms with Gasteiger partial charge in [0.25, 0.3) is 0 Å². The second-order valence-electron chi connectivity index (χ2n) is 5.52. The Hall–Kier alpha value is -2.38. The summed E-state index contributed by atoms with van der Waals surface area (Å²) in [4.78, 5) is 12.1. The van der Waals surface area contributed by atoms with Crippen molar-refractivity contribution in [3.8, 4) is 5.75 Å². The molecule has 134 valence electrons. The van der Waals surface area contributed by atoms with E-state index in [9.17, 15) is 13.2 Å². The normalized spacial score (nSPS) is 12.4. The van der Waals surface area contributed by atoms with Crippen LogP contribution in [0.5, 0.6) is 5.75 Å². The van der Waals surface area contributed by atoms with Crippen LogP contribution in [0.3, 0.4) is 0 Å². The fourth-order valence-electron chi connectivity index (χ4n) is 2.28. The van der Waals surface area contributed by atoms with Crippen LogP contribution in [0.15, 0.2) is 59.5 Å². The number of hydrogen-bond acceptors (Lipinski definition) is 4. The quantitative estimate of drug-likeness (QED) is 0.754. The van der Waals surface area contributed by atoms with Crippen molar-refractivity contribution in [2.45, 2.75) is 24.3 Å². The molecule has 7 heteroatoms. The average molecular weight is 362 g/mol. The lowest BCUT2D eigenvalue weighted by atomic mass is 10.1. The van der Waals surface area contributed by atoms with Gasteiger partial charge in [-0.1, -0.05) is 30.3 Å². The zero-order valence-electron chi connectivity index (χ0n) is 14.2. The maximum Gasteiger partial charge on any atom is 0.240 e. The van der Waals surface area contributed by atoms with Gasteiger partial charge in [-0.3, -0.25) is 4.79 Å². The molecule has 0 aliphatic rings. The Labute approximate surface area is 148 Å². The first-order chi connectivity index (χ1) is 11.9. The lowest BCUT2D eigenvalue weighted by Gasteiger charge is -2.14. The van der Waals surface area contributed by atoms with Crippen molar-refractivity contribution in [2.24, 2.45) is 0 Å². The highest BCUT2D eigenvalue weighted by molar-refractivity contribution is 7.89. The Morgan fingerprint density at radius 2 is 1.72 bits per heavy atom. The number of amides is 1. The van der Waals surface area contributed by atoms with Gasteiger partial charge in [0.1, 0.15) is 5.75 Å². The number of sulfonamides is 1. The average Bonchev–Trinajstić information content (AvgIpc) is 2.62. The Morgan fingerprint density at radius 1 is 1.08 bits per heavy atom. The first-order valence-electron chi connectivity index (χ1n) is 7.90. The molecular formula is C18H22N2O4S. The molecular weight excluding hydrogens is 340 g/mol. The lowest BCUT2D eigenvalue weighted by molar-refractivity contribution is -0.121. The van der Waals surface area contributed by atoms with E-state index in [1.165, 1.54) is 19.2 Å². The minimum atomic E-state index is -3.65. The molecule has 0 spiro atoms. The van der Waals surface area contributed by atoms with E-state index in [0.717, 1.165) is 5.56 Å². The van der Waals surface area contributed by atoms with Crippen LogP contribution in [0, 0.1) is 0 Å². The van der Waals surface area contributed by atoms with Crippen LogP contribution >= 0.6 is 0 Å². The molecule has 0 aromatic heterocycles. The third-order valence-corrected chi connectivity index (χ3v) is 5.17. The van der Waals surface area contributed by atoms with Gasteiger partial charge < -0.3 is 10.1 Å². The van der Waals surface area contributed by atoms with Gasteiger partial charge in [-0.25, -0.2) is 13.1 Å². The lowest BCUT2D eigenvalue weighted by Crippen LogP contribution is -2.32. The molecule has 25 heavy (non-hydrogen) atoms. The van der Waals surface area contributed by atoms with Crippen molar-refractivity contribution in [1.82, 2.24) is 10.0 Å². The van der Waals surface area contributed by atoms with Crippen LogP contribution in [0.1, 0.15) is 24.9 Å². The SMILES string of the molecule is COc1ccc(S(=O)(=O)NCCC(=O)N[C@H](C)c2ccccc2)cc1. The predicted molar refractivity (Wildman–Crippen MR) is 95.8 cm³/mol. The van der Waals surface area contributed by atoms with Crippen LogP contribution in [-0.2, 0) is 14.8 Å². The Balaban J connectivity index is 1.83. The molecule has 0 bridgehead atoms. The Morgan fingerprint density at radius 3 is 2.32 bits per heavy atom. The second kappa shape index (κ2) is 8.64. The molecule has 1 atom stereocenters. The van der Waals surface area contributed by atoms with E-state index >= 15 is 0 Å². The van der Waals surface area contributed by atoms with Crippen molar-refractivity contribution >= 4 is 15.9 Å². The topological polar surface area (TPSA) is 84.5 Å². The predicted octanol–water partition coefficient (Wildman–Crippen LogP) is 2.24. The van der Waals surface area contributed by atoms with E-state index in [1.54, 1.807) is 12.1 Å². The summed E-state index contributed by atoms with van der Waals surface area (Å²) in [6, 6.07) is 15.5. The fraction of sp³-hybridized carbons (Fsp3) is 0.278. The molecule has 0 fully saturated rings. The summed E-state index contributed by atoms with van der Waals surface area (Å²) in [5.41, 5.74) is 0.995. The molecule has 0 aliphatic heterocycles. The largest absolute Gasteiger partial charge is 0.497 e. The van der Waals surface area contributed by atoms with E-state index in [1.807, 2.05) is 37.3 Å². The Bertz CT molecular complexity index is 790. The zero-order valence-corrected chi connectivity index (χ0v) is 15.0. The van der Waals surface area contributed by atoms with Gasteiger partial charge in [-0.15, -0.1) is 0 Å². The number of rotatable bonds is 8. The maximum absolute atomic E-state index is 12.2. The first kappa shape index (κ1) is 19.0. The molecule has 2 N–H and O–H groups in total. The highest BCUT2D eigenvalue weighted by Gasteiger charge is 2.15. The van der Waals surface area contributed by atoms with Crippen molar-refractivity contribution < 1.29 is 17.9 Å². The summed E-state index contributed by atoms with van der Waals surface area (Å²) >= 11 is 0. The molecule has 0 heterocycles. The van der Waals surface area contributed by atoms with Crippen molar-refractivity contribution in [2.75, 3.05) is 13.7 Å². The van der Waals surface area contributed by atoms with Crippen LogP contribution in [0.2, 0.25) is 0 Å². The molecule has 1 amide bonds. The molecule has 0 radical (unpaired) electrons. The zero-order chi connectivity index (χ0) is 18.3. The summed E-state index contributed by atoms with van der Waals surface area (Å²) in [7, 11) is -2.14. The highest BCUT2D eigenvalue weighted by Crippen LogP contribution is 2.15. The summed E-state index contributed by atoms with van der Waals surface area (Å²) in [5, 5.41) is 2.85. The first-order valence-corrected chi connectivity index (χ1v) is 9.39. The van der Waals surface area contributed by atoms with Crippen molar-refractivity contribution in [3.05, 3.63) is 60.2 Å². The third kappa shape index (κ3) is 5.58. The van der Waals surface area contributed by atoms with Crippen LogP contribution in [0.25, 0.3) is 0 Å². The summed E-state index contributed by atoms with van der Waals surface area (Å²) in [6.45, 7) is 1.91. The summed E-state index contributed by atoms with van der Waals surface area (Å²) < 4.78 is 31.8. The number of methoxy groups -OCH3 is 1. The number of carbonyl (C=O) groups excluding carboxylic acids is 1. The minimum absolute atomic E-state index is 0.0295. The molecule has 0 aliphatic carbocycles. The van der Waals surface area contributed by atoms with E-state index in [4.69, 9.17) is 4.74 Å². The Kier molecular flexibility index (Phi) is 6.55. The maximum atomic E-state index is 12.2. The molecule has 2 aromatic carbocycles. The van der Waals surface area contributed by atoms with E-state index in [2.05, 4.69) is 10.0 Å². The standard InChI is InChI=1S/C18H22N2O4S/c1-14(15-6-4-3-5-7-15)20-18(21)12-13-19-25(22,23)17-10-8-16(24-2)9-11-17/h3-11,14,19H,12-13H2,1-2H3,(H,20,21)/t14-/m1/s1. The summed E-state index contributed by atoms with van der Waals surface area (Å²) in [6.07, 6.45) is 0.0621. The molecule has 2 rings (SSSR count). The van der Waals surface area contributed by atoms with Gasteiger partial charge in [0.15, 0.2) is 0 Å². The van der Waals surface area contributed by atoms with E-state index in [0.29, 0.717) is 5.75 Å².